The van der Waals surface area contributed by atoms with Crippen LogP contribution in [0.5, 0.6) is 5.75 Å². The highest BCUT2D eigenvalue weighted by Gasteiger charge is 2.21. The quantitative estimate of drug-likeness (QED) is 0.846. The molecule has 1 aromatic rings. The van der Waals surface area contributed by atoms with Gasteiger partial charge in [-0.1, -0.05) is 15.9 Å². The van der Waals surface area contributed by atoms with E-state index in [9.17, 15) is 9.90 Å². The van der Waals surface area contributed by atoms with Crippen molar-refractivity contribution in [2.24, 2.45) is 5.92 Å². The van der Waals surface area contributed by atoms with Gasteiger partial charge in [0, 0.05) is 35.8 Å². The van der Waals surface area contributed by atoms with Crippen LogP contribution in [0.2, 0.25) is 0 Å². The molecule has 0 aliphatic carbocycles. The number of benzene rings is 1. The number of nitrogens with zero attached hydrogens (tertiary/aromatic N) is 1. The number of aliphatic hydroxyl groups is 1. The van der Waals surface area contributed by atoms with Crippen molar-refractivity contribution in [2.45, 2.75) is 12.8 Å². The summed E-state index contributed by atoms with van der Waals surface area (Å²) >= 11 is 3.41. The Labute approximate surface area is 133 Å². The van der Waals surface area contributed by atoms with Crippen molar-refractivity contribution >= 4 is 27.9 Å². The molecule has 21 heavy (non-hydrogen) atoms. The van der Waals surface area contributed by atoms with Gasteiger partial charge < -0.3 is 14.7 Å². The van der Waals surface area contributed by atoms with Crippen LogP contribution in [-0.4, -0.2) is 42.7 Å². The Kier molecular flexibility index (Phi) is 5.82. The van der Waals surface area contributed by atoms with Gasteiger partial charge in [0.1, 0.15) is 5.75 Å². The fraction of sp³-hybridized carbons (Fsp3) is 0.438. The molecule has 1 aliphatic heterocycles. The molecule has 0 aromatic heterocycles. The lowest BCUT2D eigenvalue weighted by atomic mass is 9.99. The third-order valence-corrected chi connectivity index (χ3v) is 4.18. The van der Waals surface area contributed by atoms with Crippen LogP contribution in [0.25, 0.3) is 6.08 Å². The predicted molar refractivity (Wildman–Crippen MR) is 86.1 cm³/mol. The van der Waals surface area contributed by atoms with Crippen LogP contribution in [0.4, 0.5) is 0 Å². The molecule has 1 unspecified atom stereocenters. The molecule has 1 saturated heterocycles. The second-order valence-electron chi connectivity index (χ2n) is 5.19. The second-order valence-corrected chi connectivity index (χ2v) is 6.11. The van der Waals surface area contributed by atoms with E-state index in [0.717, 1.165) is 35.2 Å². The van der Waals surface area contributed by atoms with Gasteiger partial charge in [-0.05, 0) is 43.0 Å². The van der Waals surface area contributed by atoms with E-state index in [1.54, 1.807) is 24.2 Å². The van der Waals surface area contributed by atoms with E-state index >= 15 is 0 Å². The predicted octanol–water partition coefficient (Wildman–Crippen LogP) is 2.70. The maximum Gasteiger partial charge on any atom is 0.246 e. The lowest BCUT2D eigenvalue weighted by molar-refractivity contribution is -0.127. The van der Waals surface area contributed by atoms with Crippen LogP contribution in [0.3, 0.4) is 0 Å². The molecule has 1 fully saturated rings. The summed E-state index contributed by atoms with van der Waals surface area (Å²) in [6, 6.07) is 5.67. The number of rotatable bonds is 4. The standard InChI is InChI=1S/C16H20BrNO3/c1-21-15-6-5-14(17)9-13(15)4-7-16(20)18-8-2-3-12(10-18)11-19/h4-7,9,12,19H,2-3,8,10-11H2,1H3/b7-4+. The summed E-state index contributed by atoms with van der Waals surface area (Å²) in [5.41, 5.74) is 0.857. The molecule has 1 atom stereocenters. The van der Waals surface area contributed by atoms with Gasteiger partial charge in [-0.15, -0.1) is 0 Å². The molecule has 1 N–H and O–H groups in total. The van der Waals surface area contributed by atoms with Gasteiger partial charge in [0.25, 0.3) is 0 Å². The topological polar surface area (TPSA) is 49.8 Å². The molecule has 0 radical (unpaired) electrons. The van der Waals surface area contributed by atoms with Crippen LogP contribution >= 0.6 is 15.9 Å². The van der Waals surface area contributed by atoms with Crippen LogP contribution in [0.15, 0.2) is 28.7 Å². The summed E-state index contributed by atoms with van der Waals surface area (Å²) in [4.78, 5) is 14.0. The smallest absolute Gasteiger partial charge is 0.246 e. The van der Waals surface area contributed by atoms with E-state index in [-0.39, 0.29) is 18.4 Å². The van der Waals surface area contributed by atoms with Gasteiger partial charge in [0.15, 0.2) is 0 Å². The van der Waals surface area contributed by atoms with Crippen molar-refractivity contribution in [1.82, 2.24) is 4.90 Å². The molecular weight excluding hydrogens is 334 g/mol. The zero-order chi connectivity index (χ0) is 15.2. The molecule has 1 amide bonds. The Morgan fingerprint density at radius 2 is 2.38 bits per heavy atom. The second kappa shape index (κ2) is 7.61. The first-order valence-corrected chi connectivity index (χ1v) is 7.84. The monoisotopic (exact) mass is 353 g/mol. The van der Waals surface area contributed by atoms with E-state index in [0.29, 0.717) is 6.54 Å². The number of hydrogen-bond donors (Lipinski definition) is 1. The maximum atomic E-state index is 12.2. The third-order valence-electron chi connectivity index (χ3n) is 3.69. The van der Waals surface area contributed by atoms with Crippen molar-refractivity contribution in [2.75, 3.05) is 26.8 Å². The third kappa shape index (κ3) is 4.32. The molecule has 1 aromatic carbocycles. The summed E-state index contributed by atoms with van der Waals surface area (Å²) in [5.74, 6) is 0.917. The van der Waals surface area contributed by atoms with Crippen molar-refractivity contribution < 1.29 is 14.6 Å². The number of amides is 1. The van der Waals surface area contributed by atoms with E-state index in [1.807, 2.05) is 18.2 Å². The van der Waals surface area contributed by atoms with E-state index in [2.05, 4.69) is 15.9 Å². The molecule has 1 heterocycles. The Bertz CT molecular complexity index is 530. The lowest BCUT2D eigenvalue weighted by Gasteiger charge is -2.31. The fourth-order valence-corrected chi connectivity index (χ4v) is 2.89. The first kappa shape index (κ1) is 16.0. The van der Waals surface area contributed by atoms with Gasteiger partial charge in [-0.2, -0.15) is 0 Å². The zero-order valence-electron chi connectivity index (χ0n) is 12.1. The largest absolute Gasteiger partial charge is 0.496 e. The van der Waals surface area contributed by atoms with Gasteiger partial charge in [-0.3, -0.25) is 4.79 Å². The number of piperidine rings is 1. The van der Waals surface area contributed by atoms with Crippen LogP contribution in [0.1, 0.15) is 18.4 Å². The highest BCUT2D eigenvalue weighted by atomic mass is 79.9. The number of carbonyl (C=O) groups is 1. The van der Waals surface area contributed by atoms with Crippen LogP contribution < -0.4 is 4.74 Å². The summed E-state index contributed by atoms with van der Waals surface area (Å²) in [5, 5.41) is 9.22. The average molecular weight is 354 g/mol. The Morgan fingerprint density at radius 1 is 1.57 bits per heavy atom. The van der Waals surface area contributed by atoms with E-state index < -0.39 is 0 Å². The first-order valence-electron chi connectivity index (χ1n) is 7.05. The normalized spacial score (nSPS) is 19.0. The summed E-state index contributed by atoms with van der Waals surface area (Å²) in [6.45, 7) is 1.54. The van der Waals surface area contributed by atoms with Gasteiger partial charge in [-0.25, -0.2) is 0 Å². The Balaban J connectivity index is 2.06. The summed E-state index contributed by atoms with van der Waals surface area (Å²) < 4.78 is 6.22. The van der Waals surface area contributed by atoms with Crippen LogP contribution in [-0.2, 0) is 4.79 Å². The molecule has 0 bridgehead atoms. The number of aliphatic hydroxyl groups excluding tert-OH is 1. The minimum atomic E-state index is -0.0184. The van der Waals surface area contributed by atoms with Gasteiger partial charge >= 0.3 is 0 Å². The maximum absolute atomic E-state index is 12.2. The number of likely N-dealkylation sites (tertiary alicyclic amines) is 1. The number of carbonyl (C=O) groups excluding carboxylic acids is 1. The van der Waals surface area contributed by atoms with Crippen molar-refractivity contribution in [3.63, 3.8) is 0 Å². The van der Waals surface area contributed by atoms with Gasteiger partial charge in [0.05, 0.1) is 7.11 Å². The van der Waals surface area contributed by atoms with E-state index in [1.165, 1.54) is 0 Å². The fourth-order valence-electron chi connectivity index (χ4n) is 2.52. The minimum Gasteiger partial charge on any atom is -0.496 e. The summed E-state index contributed by atoms with van der Waals surface area (Å²) in [6.07, 6.45) is 5.28. The molecule has 4 nitrogen and oxygen atoms in total. The number of halogens is 1. The highest BCUT2D eigenvalue weighted by Crippen LogP contribution is 2.24. The lowest BCUT2D eigenvalue weighted by Crippen LogP contribution is -2.40. The number of methoxy groups -OCH3 is 1. The Hall–Kier alpha value is -1.33. The molecular formula is C16H20BrNO3. The van der Waals surface area contributed by atoms with Crippen molar-refractivity contribution in [1.29, 1.82) is 0 Å². The molecule has 1 aliphatic rings. The molecule has 114 valence electrons. The molecule has 0 spiro atoms. The SMILES string of the molecule is COc1ccc(Br)cc1/C=C/C(=O)N1CCCC(CO)C1. The molecule has 5 heteroatoms. The number of hydrogen-bond acceptors (Lipinski definition) is 3. The number of ether oxygens (including phenoxy) is 1. The molecule has 0 saturated carbocycles. The minimum absolute atomic E-state index is 0.0184. The first-order chi connectivity index (χ1) is 10.1. The van der Waals surface area contributed by atoms with Crippen LogP contribution in [0, 0.1) is 5.92 Å². The highest BCUT2D eigenvalue weighted by molar-refractivity contribution is 9.10. The average Bonchev–Trinajstić information content (AvgIpc) is 2.52. The zero-order valence-corrected chi connectivity index (χ0v) is 13.7. The van der Waals surface area contributed by atoms with Gasteiger partial charge in [0.2, 0.25) is 5.91 Å². The Morgan fingerprint density at radius 3 is 3.10 bits per heavy atom. The summed E-state index contributed by atoms with van der Waals surface area (Å²) in [7, 11) is 1.61. The molecule has 2 rings (SSSR count). The van der Waals surface area contributed by atoms with Crippen molar-refractivity contribution in [3.05, 3.63) is 34.3 Å². The van der Waals surface area contributed by atoms with E-state index in [4.69, 9.17) is 4.74 Å². The van der Waals surface area contributed by atoms with Crippen molar-refractivity contribution in [3.8, 4) is 5.75 Å².